The van der Waals surface area contributed by atoms with Crippen molar-refractivity contribution in [3.63, 3.8) is 0 Å². The number of hydrazone groups is 1. The van der Waals surface area contributed by atoms with Crippen molar-refractivity contribution in [1.29, 1.82) is 0 Å². The van der Waals surface area contributed by atoms with E-state index in [1.165, 1.54) is 0 Å². The molecule has 0 aliphatic carbocycles. The van der Waals surface area contributed by atoms with Crippen LogP contribution in [0.1, 0.15) is 29.8 Å². The van der Waals surface area contributed by atoms with Crippen molar-refractivity contribution in [1.82, 2.24) is 14.9 Å². The summed E-state index contributed by atoms with van der Waals surface area (Å²) in [4.78, 5) is 11.0. The average Bonchev–Trinajstić information content (AvgIpc) is 3.26. The third-order valence-electron chi connectivity index (χ3n) is 5.12. The van der Waals surface area contributed by atoms with Crippen molar-refractivity contribution in [2.75, 3.05) is 21.2 Å². The zero-order valence-electron chi connectivity index (χ0n) is 19.1. The molecule has 0 fully saturated rings. The van der Waals surface area contributed by atoms with Crippen LogP contribution in [0.2, 0.25) is 0 Å². The first-order chi connectivity index (χ1) is 16.0. The van der Waals surface area contributed by atoms with E-state index in [0.717, 1.165) is 39.1 Å². The highest BCUT2D eigenvalue weighted by Crippen LogP contribution is 2.38. The van der Waals surface area contributed by atoms with Crippen LogP contribution in [0, 0.1) is 0 Å². The van der Waals surface area contributed by atoms with Gasteiger partial charge in [-0.2, -0.15) is 0 Å². The minimum atomic E-state index is -0.531. The van der Waals surface area contributed by atoms with Crippen molar-refractivity contribution in [2.45, 2.75) is 19.7 Å². The Balaban J connectivity index is 1.79. The van der Waals surface area contributed by atoms with Gasteiger partial charge in [-0.05, 0) is 67.3 Å². The van der Waals surface area contributed by atoms with E-state index >= 15 is 0 Å². The van der Waals surface area contributed by atoms with Crippen molar-refractivity contribution < 1.29 is 9.47 Å². The first kappa shape index (κ1) is 22.9. The lowest BCUT2D eigenvalue weighted by atomic mass is 10.1. The summed E-state index contributed by atoms with van der Waals surface area (Å²) >= 11 is 3.57. The van der Waals surface area contributed by atoms with E-state index in [0.29, 0.717) is 11.7 Å². The summed E-state index contributed by atoms with van der Waals surface area (Å²) in [5.74, 6) is 1.97. The van der Waals surface area contributed by atoms with Gasteiger partial charge >= 0.3 is 0 Å². The van der Waals surface area contributed by atoms with Gasteiger partial charge in [0.2, 0.25) is 12.1 Å². The molecule has 0 amide bonds. The molecular weight excluding hydrogens is 482 g/mol. The van der Waals surface area contributed by atoms with Gasteiger partial charge in [0.05, 0.1) is 18.4 Å². The summed E-state index contributed by atoms with van der Waals surface area (Å²) < 4.78 is 13.2. The zero-order chi connectivity index (χ0) is 23.4. The molecule has 7 nitrogen and oxygen atoms in total. The number of benzene rings is 2. The topological polar surface area (TPSA) is 62.6 Å². The first-order valence-corrected chi connectivity index (χ1v) is 11.3. The number of hydrogen-bond acceptors (Lipinski definition) is 6. The molecule has 1 aliphatic heterocycles. The van der Waals surface area contributed by atoms with E-state index in [4.69, 9.17) is 19.6 Å². The minimum absolute atomic E-state index is 0.504. The number of aliphatic imine (C=N–C) groups is 1. The largest absolute Gasteiger partial charge is 0.496 e. The van der Waals surface area contributed by atoms with Gasteiger partial charge in [0, 0.05) is 34.5 Å². The standard InChI is InChI=1S/C25H26BrN5O2/c1-17(28-22-11-6-5-10-21(22)26)31-25(33-24(29-31)18-12-14-27-15-13-18)20-9-7-8-19(16-30(2)3)23(20)32-4/h5-15,25H,16H2,1-4H3. The lowest BCUT2D eigenvalue weighted by Crippen LogP contribution is -2.26. The highest BCUT2D eigenvalue weighted by Gasteiger charge is 2.35. The highest BCUT2D eigenvalue weighted by molar-refractivity contribution is 9.10. The molecule has 3 aromatic rings. The number of halogens is 1. The first-order valence-electron chi connectivity index (χ1n) is 10.5. The molecule has 1 unspecified atom stereocenters. The van der Waals surface area contributed by atoms with Crippen LogP contribution in [0.5, 0.6) is 5.75 Å². The van der Waals surface area contributed by atoms with E-state index in [2.05, 4.69) is 31.9 Å². The quantitative estimate of drug-likeness (QED) is 0.332. The number of amidine groups is 1. The maximum Gasteiger partial charge on any atom is 0.241 e. The molecular formula is C25H26BrN5O2. The number of aromatic nitrogens is 1. The van der Waals surface area contributed by atoms with Gasteiger partial charge in [-0.15, -0.1) is 5.10 Å². The summed E-state index contributed by atoms with van der Waals surface area (Å²) in [6.07, 6.45) is 2.91. The minimum Gasteiger partial charge on any atom is -0.496 e. The van der Waals surface area contributed by atoms with E-state index in [1.54, 1.807) is 24.5 Å². The van der Waals surface area contributed by atoms with Crippen LogP contribution in [0.15, 0.2) is 81.6 Å². The van der Waals surface area contributed by atoms with Crippen molar-refractivity contribution >= 4 is 33.4 Å². The summed E-state index contributed by atoms with van der Waals surface area (Å²) in [5.41, 5.74) is 3.61. The molecule has 8 heteroatoms. The van der Waals surface area contributed by atoms with Gasteiger partial charge in [-0.25, -0.2) is 10.0 Å². The average molecular weight is 508 g/mol. The maximum atomic E-state index is 6.40. The van der Waals surface area contributed by atoms with Gasteiger partial charge in [0.1, 0.15) is 11.6 Å². The fourth-order valence-corrected chi connectivity index (χ4v) is 4.04. The Morgan fingerprint density at radius 3 is 2.58 bits per heavy atom. The second-order valence-corrected chi connectivity index (χ2v) is 8.70. The lowest BCUT2D eigenvalue weighted by molar-refractivity contribution is 0.107. The van der Waals surface area contributed by atoms with Crippen molar-refractivity contribution in [2.24, 2.45) is 10.1 Å². The third kappa shape index (κ3) is 5.07. The van der Waals surface area contributed by atoms with E-state index in [1.807, 2.05) is 69.6 Å². The van der Waals surface area contributed by atoms with E-state index < -0.39 is 6.23 Å². The molecule has 170 valence electrons. The number of hydrogen-bond donors (Lipinski definition) is 0. The van der Waals surface area contributed by atoms with Gasteiger partial charge in [0.25, 0.3) is 0 Å². The van der Waals surface area contributed by atoms with Crippen LogP contribution >= 0.6 is 15.9 Å². The van der Waals surface area contributed by atoms with E-state index in [-0.39, 0.29) is 0 Å². The Hall–Kier alpha value is -3.23. The van der Waals surface area contributed by atoms with Gasteiger partial charge in [0.15, 0.2) is 0 Å². The van der Waals surface area contributed by atoms with Gasteiger partial charge in [-0.1, -0.05) is 24.3 Å². The number of rotatable bonds is 6. The fraction of sp³-hybridized carbons (Fsp3) is 0.240. The van der Waals surface area contributed by atoms with Crippen LogP contribution in [0.4, 0.5) is 5.69 Å². The fourth-order valence-electron chi connectivity index (χ4n) is 3.67. The number of methoxy groups -OCH3 is 1. The van der Waals surface area contributed by atoms with Gasteiger partial charge in [-0.3, -0.25) is 4.98 Å². The molecule has 0 spiro atoms. The molecule has 1 aromatic heterocycles. The highest BCUT2D eigenvalue weighted by atomic mass is 79.9. The second kappa shape index (κ2) is 10.1. The van der Waals surface area contributed by atoms with Crippen LogP contribution in [0.3, 0.4) is 0 Å². The Kier molecular flexibility index (Phi) is 7.05. The van der Waals surface area contributed by atoms with Gasteiger partial charge < -0.3 is 14.4 Å². The Morgan fingerprint density at radius 1 is 1.12 bits per heavy atom. The van der Waals surface area contributed by atoms with Crippen molar-refractivity contribution in [3.8, 4) is 5.75 Å². The summed E-state index contributed by atoms with van der Waals surface area (Å²) in [5, 5.41) is 6.59. The molecule has 33 heavy (non-hydrogen) atoms. The molecule has 0 radical (unpaired) electrons. The number of nitrogens with zero attached hydrogens (tertiary/aromatic N) is 5. The second-order valence-electron chi connectivity index (χ2n) is 7.84. The molecule has 2 heterocycles. The SMILES string of the molecule is COc1c(CN(C)C)cccc1C1OC(c2ccncc2)=NN1C(C)=Nc1ccccc1Br. The molecule has 1 aliphatic rings. The summed E-state index contributed by atoms with van der Waals surface area (Å²) in [7, 11) is 5.75. The van der Waals surface area contributed by atoms with Crippen LogP contribution < -0.4 is 4.74 Å². The van der Waals surface area contributed by atoms with Crippen LogP contribution in [-0.2, 0) is 11.3 Å². The molecule has 0 saturated heterocycles. The smallest absolute Gasteiger partial charge is 0.241 e. The maximum absolute atomic E-state index is 6.40. The summed E-state index contributed by atoms with van der Waals surface area (Å²) in [6.45, 7) is 2.66. The zero-order valence-corrected chi connectivity index (χ0v) is 20.7. The lowest BCUT2D eigenvalue weighted by Gasteiger charge is -2.25. The van der Waals surface area contributed by atoms with Crippen molar-refractivity contribution in [3.05, 3.63) is 88.2 Å². The predicted octanol–water partition coefficient (Wildman–Crippen LogP) is 5.36. The Morgan fingerprint density at radius 2 is 1.88 bits per heavy atom. The monoisotopic (exact) mass is 507 g/mol. The number of pyridine rings is 1. The summed E-state index contributed by atoms with van der Waals surface area (Å²) in [6, 6.07) is 17.7. The molecule has 4 rings (SSSR count). The number of para-hydroxylation sites is 2. The van der Waals surface area contributed by atoms with E-state index in [9.17, 15) is 0 Å². The Bertz CT molecular complexity index is 1180. The molecule has 0 saturated carbocycles. The predicted molar refractivity (Wildman–Crippen MR) is 134 cm³/mol. The van der Waals surface area contributed by atoms with Crippen LogP contribution in [-0.4, -0.2) is 47.8 Å². The Labute approximate surface area is 202 Å². The normalized spacial score (nSPS) is 16.1. The molecule has 0 bridgehead atoms. The molecule has 0 N–H and O–H groups in total. The number of ether oxygens (including phenoxy) is 2. The molecule has 1 atom stereocenters. The third-order valence-corrected chi connectivity index (χ3v) is 5.79. The molecule has 2 aromatic carbocycles. The van der Waals surface area contributed by atoms with Crippen LogP contribution in [0.25, 0.3) is 0 Å².